The van der Waals surface area contributed by atoms with E-state index < -0.39 is 0 Å². The SMILES string of the molecule is Cn1ncc2c(NCCOC3CCCC3)ncnc21. The molecular weight excluding hydrogens is 242 g/mol. The molecule has 2 aromatic heterocycles. The van der Waals surface area contributed by atoms with Crippen LogP contribution in [0.25, 0.3) is 11.0 Å². The van der Waals surface area contributed by atoms with Crippen LogP contribution in [0.5, 0.6) is 0 Å². The number of hydrogen-bond donors (Lipinski definition) is 1. The predicted molar refractivity (Wildman–Crippen MR) is 73.0 cm³/mol. The van der Waals surface area contributed by atoms with Gasteiger partial charge in [-0.2, -0.15) is 5.10 Å². The minimum Gasteiger partial charge on any atom is -0.376 e. The fourth-order valence-electron chi connectivity index (χ4n) is 2.55. The summed E-state index contributed by atoms with van der Waals surface area (Å²) in [7, 11) is 1.88. The van der Waals surface area contributed by atoms with Crippen LogP contribution in [-0.2, 0) is 11.8 Å². The van der Waals surface area contributed by atoms with E-state index in [0.717, 1.165) is 30.0 Å². The molecule has 2 aromatic rings. The van der Waals surface area contributed by atoms with Gasteiger partial charge in [0.15, 0.2) is 5.65 Å². The average molecular weight is 261 g/mol. The van der Waals surface area contributed by atoms with Crippen LogP contribution in [0.3, 0.4) is 0 Å². The molecule has 0 aliphatic heterocycles. The summed E-state index contributed by atoms with van der Waals surface area (Å²) in [6.07, 6.45) is 8.84. The second-order valence-corrected chi connectivity index (χ2v) is 4.93. The molecule has 1 saturated carbocycles. The number of hydrogen-bond acceptors (Lipinski definition) is 5. The maximum absolute atomic E-state index is 5.82. The van der Waals surface area contributed by atoms with Crippen LogP contribution < -0.4 is 5.32 Å². The molecule has 3 rings (SSSR count). The fourth-order valence-corrected chi connectivity index (χ4v) is 2.55. The first kappa shape index (κ1) is 12.3. The lowest BCUT2D eigenvalue weighted by atomic mass is 10.3. The summed E-state index contributed by atoms with van der Waals surface area (Å²) in [6.45, 7) is 1.48. The monoisotopic (exact) mass is 261 g/mol. The van der Waals surface area contributed by atoms with Crippen molar-refractivity contribution in [2.45, 2.75) is 31.8 Å². The van der Waals surface area contributed by atoms with Gasteiger partial charge in [0.25, 0.3) is 0 Å². The van der Waals surface area contributed by atoms with E-state index in [2.05, 4.69) is 20.4 Å². The summed E-state index contributed by atoms with van der Waals surface area (Å²) in [5.41, 5.74) is 0.842. The molecule has 1 aliphatic carbocycles. The van der Waals surface area contributed by atoms with Crippen molar-refractivity contribution in [1.82, 2.24) is 19.7 Å². The zero-order valence-electron chi connectivity index (χ0n) is 11.2. The first-order valence-electron chi connectivity index (χ1n) is 6.83. The zero-order chi connectivity index (χ0) is 13.1. The second kappa shape index (κ2) is 5.52. The van der Waals surface area contributed by atoms with E-state index in [1.54, 1.807) is 17.2 Å². The highest BCUT2D eigenvalue weighted by molar-refractivity contribution is 5.85. The Hall–Kier alpha value is -1.69. The molecule has 0 atom stereocenters. The summed E-state index contributed by atoms with van der Waals surface area (Å²) in [6, 6.07) is 0. The standard InChI is InChI=1S/C13H19N5O/c1-18-13-11(8-17-18)12(15-9-16-13)14-6-7-19-10-4-2-3-5-10/h8-10H,2-7H2,1H3,(H,14,15,16). The van der Waals surface area contributed by atoms with Crippen molar-refractivity contribution in [3.63, 3.8) is 0 Å². The molecule has 102 valence electrons. The van der Waals surface area contributed by atoms with Crippen LogP contribution in [0, 0.1) is 0 Å². The van der Waals surface area contributed by atoms with Crippen LogP contribution in [-0.4, -0.2) is 39.0 Å². The van der Waals surface area contributed by atoms with Gasteiger partial charge in [-0.25, -0.2) is 9.97 Å². The number of fused-ring (bicyclic) bond motifs is 1. The van der Waals surface area contributed by atoms with E-state index in [9.17, 15) is 0 Å². The van der Waals surface area contributed by atoms with Crippen LogP contribution in [0.2, 0.25) is 0 Å². The Kier molecular flexibility index (Phi) is 3.59. The first-order chi connectivity index (χ1) is 9.34. The van der Waals surface area contributed by atoms with Crippen molar-refractivity contribution in [3.05, 3.63) is 12.5 Å². The van der Waals surface area contributed by atoms with Crippen LogP contribution >= 0.6 is 0 Å². The molecule has 1 aliphatic rings. The largest absolute Gasteiger partial charge is 0.376 e. The molecule has 6 nitrogen and oxygen atoms in total. The molecule has 19 heavy (non-hydrogen) atoms. The third-order valence-corrected chi connectivity index (χ3v) is 3.58. The van der Waals surface area contributed by atoms with Crippen molar-refractivity contribution in [1.29, 1.82) is 0 Å². The molecule has 1 fully saturated rings. The Morgan fingerprint density at radius 3 is 3.05 bits per heavy atom. The Bertz CT molecular complexity index is 547. The topological polar surface area (TPSA) is 64.9 Å². The molecule has 0 radical (unpaired) electrons. The molecular formula is C13H19N5O. The van der Waals surface area contributed by atoms with E-state index >= 15 is 0 Å². The van der Waals surface area contributed by atoms with E-state index in [4.69, 9.17) is 4.74 Å². The lowest BCUT2D eigenvalue weighted by Gasteiger charge is -2.11. The third kappa shape index (κ3) is 2.68. The Labute approximate surface area is 112 Å². The van der Waals surface area contributed by atoms with Crippen LogP contribution in [0.1, 0.15) is 25.7 Å². The van der Waals surface area contributed by atoms with Gasteiger partial charge in [0, 0.05) is 13.6 Å². The van der Waals surface area contributed by atoms with E-state index in [0.29, 0.717) is 6.10 Å². The van der Waals surface area contributed by atoms with Gasteiger partial charge in [-0.3, -0.25) is 4.68 Å². The third-order valence-electron chi connectivity index (χ3n) is 3.58. The highest BCUT2D eigenvalue weighted by atomic mass is 16.5. The molecule has 6 heteroatoms. The lowest BCUT2D eigenvalue weighted by Crippen LogP contribution is -2.16. The van der Waals surface area contributed by atoms with Crippen LogP contribution in [0.4, 0.5) is 5.82 Å². The molecule has 0 aromatic carbocycles. The molecule has 0 saturated heterocycles. The fraction of sp³-hybridized carbons (Fsp3) is 0.615. The summed E-state index contributed by atoms with van der Waals surface area (Å²) >= 11 is 0. The van der Waals surface area contributed by atoms with Crippen molar-refractivity contribution in [2.75, 3.05) is 18.5 Å². The summed E-state index contributed by atoms with van der Waals surface area (Å²) in [4.78, 5) is 8.47. The number of ether oxygens (including phenoxy) is 1. The average Bonchev–Trinajstić information content (AvgIpc) is 3.06. The summed E-state index contributed by atoms with van der Waals surface area (Å²) < 4.78 is 7.56. The second-order valence-electron chi connectivity index (χ2n) is 4.93. The quantitative estimate of drug-likeness (QED) is 0.830. The smallest absolute Gasteiger partial charge is 0.163 e. The van der Waals surface area contributed by atoms with E-state index in [1.165, 1.54) is 25.7 Å². The Morgan fingerprint density at radius 1 is 1.37 bits per heavy atom. The van der Waals surface area contributed by atoms with Crippen LogP contribution in [0.15, 0.2) is 12.5 Å². The Balaban J connectivity index is 1.56. The van der Waals surface area contributed by atoms with Gasteiger partial charge in [-0.1, -0.05) is 12.8 Å². The number of aromatic nitrogens is 4. The van der Waals surface area contributed by atoms with Crippen molar-refractivity contribution >= 4 is 16.9 Å². The van der Waals surface area contributed by atoms with Crippen molar-refractivity contribution < 1.29 is 4.74 Å². The highest BCUT2D eigenvalue weighted by Crippen LogP contribution is 2.21. The van der Waals surface area contributed by atoms with E-state index in [-0.39, 0.29) is 0 Å². The molecule has 2 heterocycles. The lowest BCUT2D eigenvalue weighted by molar-refractivity contribution is 0.0659. The number of anilines is 1. The normalized spacial score (nSPS) is 16.3. The van der Waals surface area contributed by atoms with Gasteiger partial charge in [0.05, 0.1) is 24.3 Å². The van der Waals surface area contributed by atoms with Gasteiger partial charge in [0.2, 0.25) is 0 Å². The van der Waals surface area contributed by atoms with Gasteiger partial charge in [-0.15, -0.1) is 0 Å². The molecule has 0 amide bonds. The summed E-state index contributed by atoms with van der Waals surface area (Å²) in [5.74, 6) is 0.827. The number of nitrogens with zero attached hydrogens (tertiary/aromatic N) is 4. The molecule has 1 N–H and O–H groups in total. The minimum atomic E-state index is 0.464. The predicted octanol–water partition coefficient (Wildman–Crippen LogP) is 1.73. The molecule has 0 unspecified atom stereocenters. The molecule has 0 spiro atoms. The maximum Gasteiger partial charge on any atom is 0.163 e. The van der Waals surface area contributed by atoms with Gasteiger partial charge in [-0.05, 0) is 12.8 Å². The number of nitrogens with one attached hydrogen (secondary N) is 1. The van der Waals surface area contributed by atoms with E-state index in [1.807, 2.05) is 7.05 Å². The van der Waals surface area contributed by atoms with Gasteiger partial charge < -0.3 is 10.1 Å². The summed E-state index contributed by atoms with van der Waals surface area (Å²) in [5, 5.41) is 8.44. The van der Waals surface area contributed by atoms with Gasteiger partial charge in [0.1, 0.15) is 12.1 Å². The van der Waals surface area contributed by atoms with Crippen molar-refractivity contribution in [3.8, 4) is 0 Å². The van der Waals surface area contributed by atoms with Gasteiger partial charge >= 0.3 is 0 Å². The minimum absolute atomic E-state index is 0.464. The maximum atomic E-state index is 5.82. The first-order valence-corrected chi connectivity index (χ1v) is 6.83. The zero-order valence-corrected chi connectivity index (χ0v) is 11.2. The number of aryl methyl sites for hydroxylation is 1. The van der Waals surface area contributed by atoms with Crippen molar-refractivity contribution in [2.24, 2.45) is 7.05 Å². The Morgan fingerprint density at radius 2 is 2.21 bits per heavy atom. The number of rotatable bonds is 5. The highest BCUT2D eigenvalue weighted by Gasteiger charge is 2.14. The molecule has 0 bridgehead atoms.